The van der Waals surface area contributed by atoms with E-state index in [1.165, 1.54) is 0 Å². The highest BCUT2D eigenvalue weighted by molar-refractivity contribution is 7.89. The molecule has 3 aromatic rings. The van der Waals surface area contributed by atoms with E-state index in [-0.39, 0.29) is 10.8 Å². The molecule has 0 aliphatic carbocycles. The van der Waals surface area contributed by atoms with Crippen molar-refractivity contribution in [1.29, 1.82) is 0 Å². The number of nitrogens with zero attached hydrogens (tertiary/aromatic N) is 3. The van der Waals surface area contributed by atoms with Crippen molar-refractivity contribution in [2.75, 3.05) is 19.7 Å². The Morgan fingerprint density at radius 1 is 1.16 bits per heavy atom. The van der Waals surface area contributed by atoms with Gasteiger partial charge in [-0.1, -0.05) is 41.6 Å². The summed E-state index contributed by atoms with van der Waals surface area (Å²) >= 11 is 0. The molecule has 2 aromatic carbocycles. The molecule has 164 valence electrons. The fourth-order valence-electron chi connectivity index (χ4n) is 4.01. The number of rotatable bonds is 7. The Bertz CT molecular complexity index is 1140. The number of sulfonamides is 1. The molecule has 1 aromatic heterocycles. The summed E-state index contributed by atoms with van der Waals surface area (Å²) in [5.41, 5.74) is 2.02. The largest absolute Gasteiger partial charge is 0.492 e. The van der Waals surface area contributed by atoms with E-state index in [9.17, 15) is 8.42 Å². The quantitative estimate of drug-likeness (QED) is 0.549. The number of aryl methyl sites for hydroxylation is 1. The summed E-state index contributed by atoms with van der Waals surface area (Å²) in [6.07, 6.45) is 2.26. The highest BCUT2D eigenvalue weighted by Crippen LogP contribution is 2.31. The molecule has 8 heteroatoms. The number of benzene rings is 2. The van der Waals surface area contributed by atoms with Crippen molar-refractivity contribution in [3.8, 4) is 17.1 Å². The van der Waals surface area contributed by atoms with Crippen LogP contribution in [0, 0.1) is 12.8 Å². The predicted molar refractivity (Wildman–Crippen MR) is 117 cm³/mol. The number of hydrogen-bond acceptors (Lipinski definition) is 6. The maximum Gasteiger partial charge on any atom is 0.246 e. The number of hydrogen-bond donors (Lipinski definition) is 0. The molecule has 0 bridgehead atoms. The molecule has 7 nitrogen and oxygen atoms in total. The number of aromatic nitrogens is 2. The lowest BCUT2D eigenvalue weighted by Crippen LogP contribution is -2.40. The monoisotopic (exact) mass is 441 g/mol. The van der Waals surface area contributed by atoms with Gasteiger partial charge in [0.1, 0.15) is 10.6 Å². The van der Waals surface area contributed by atoms with E-state index in [0.717, 1.165) is 24.0 Å². The minimum Gasteiger partial charge on any atom is -0.492 e. The summed E-state index contributed by atoms with van der Waals surface area (Å²) in [4.78, 5) is 4.77. The Balaban J connectivity index is 1.49. The molecule has 2 heterocycles. The summed E-state index contributed by atoms with van der Waals surface area (Å²) in [5, 5.41) is 4.13. The molecular formula is C23H27N3O4S. The van der Waals surface area contributed by atoms with Crippen LogP contribution in [0.15, 0.2) is 57.9 Å². The second-order valence-electron chi connectivity index (χ2n) is 7.78. The topological polar surface area (TPSA) is 85.5 Å². The van der Waals surface area contributed by atoms with Gasteiger partial charge >= 0.3 is 0 Å². The van der Waals surface area contributed by atoms with Crippen LogP contribution >= 0.6 is 0 Å². The third-order valence-corrected chi connectivity index (χ3v) is 7.47. The molecule has 1 atom stereocenters. The predicted octanol–water partition coefficient (Wildman–Crippen LogP) is 4.09. The van der Waals surface area contributed by atoms with Crippen LogP contribution in [-0.2, 0) is 16.4 Å². The van der Waals surface area contributed by atoms with Crippen molar-refractivity contribution in [2.24, 2.45) is 5.92 Å². The molecule has 0 amide bonds. The van der Waals surface area contributed by atoms with Crippen LogP contribution in [0.5, 0.6) is 5.75 Å². The first kappa shape index (κ1) is 21.5. The Labute approximate surface area is 183 Å². The smallest absolute Gasteiger partial charge is 0.246 e. The summed E-state index contributed by atoms with van der Waals surface area (Å²) in [7, 11) is -3.64. The molecule has 0 radical (unpaired) electrons. The summed E-state index contributed by atoms with van der Waals surface area (Å²) < 4.78 is 39.2. The van der Waals surface area contributed by atoms with Gasteiger partial charge in [-0.2, -0.15) is 9.29 Å². The van der Waals surface area contributed by atoms with Gasteiger partial charge in [0, 0.05) is 25.1 Å². The standard InChI is InChI=1S/C23H27N3O4S/c1-3-29-20-12-6-7-13-21(20)31(27,28)26-14-8-10-18(16-26)15-22-24-23(25-30-22)19-11-5-4-9-17(19)2/h4-7,9,11-13,18H,3,8,10,14-16H2,1-2H3. The second-order valence-corrected chi connectivity index (χ2v) is 9.69. The molecular weight excluding hydrogens is 414 g/mol. The number of para-hydroxylation sites is 1. The Kier molecular flexibility index (Phi) is 6.38. The van der Waals surface area contributed by atoms with Crippen LogP contribution in [0.2, 0.25) is 0 Å². The zero-order valence-corrected chi connectivity index (χ0v) is 18.6. The molecule has 1 aliphatic rings. The van der Waals surface area contributed by atoms with Gasteiger partial charge in [-0.05, 0) is 50.3 Å². The minimum absolute atomic E-state index is 0.118. The van der Waals surface area contributed by atoms with Crippen molar-refractivity contribution < 1.29 is 17.7 Å². The average Bonchev–Trinajstić information content (AvgIpc) is 3.23. The zero-order chi connectivity index (χ0) is 21.8. The third-order valence-electron chi connectivity index (χ3n) is 5.57. The number of piperidine rings is 1. The van der Waals surface area contributed by atoms with Gasteiger partial charge in [0.25, 0.3) is 0 Å². The lowest BCUT2D eigenvalue weighted by molar-refractivity contribution is 0.246. The van der Waals surface area contributed by atoms with Gasteiger partial charge in [-0.3, -0.25) is 0 Å². The van der Waals surface area contributed by atoms with Crippen molar-refractivity contribution in [3.63, 3.8) is 0 Å². The molecule has 1 aliphatic heterocycles. The first-order valence-corrected chi connectivity index (χ1v) is 12.0. The van der Waals surface area contributed by atoms with Crippen LogP contribution in [0.25, 0.3) is 11.4 Å². The SMILES string of the molecule is CCOc1ccccc1S(=O)(=O)N1CCCC(Cc2nc(-c3ccccc3C)no2)C1. The van der Waals surface area contributed by atoms with E-state index in [0.29, 0.717) is 43.6 Å². The number of ether oxygens (including phenoxy) is 1. The third kappa shape index (κ3) is 4.65. The molecule has 1 unspecified atom stereocenters. The highest BCUT2D eigenvalue weighted by Gasteiger charge is 2.33. The molecule has 31 heavy (non-hydrogen) atoms. The fourth-order valence-corrected chi connectivity index (χ4v) is 5.69. The van der Waals surface area contributed by atoms with Crippen molar-refractivity contribution in [2.45, 2.75) is 38.0 Å². The van der Waals surface area contributed by atoms with Crippen molar-refractivity contribution >= 4 is 10.0 Å². The Hall–Kier alpha value is -2.71. The molecule has 1 saturated heterocycles. The summed E-state index contributed by atoms with van der Waals surface area (Å²) in [5.74, 6) is 1.62. The van der Waals surface area contributed by atoms with E-state index < -0.39 is 10.0 Å². The lowest BCUT2D eigenvalue weighted by Gasteiger charge is -2.31. The van der Waals surface area contributed by atoms with Crippen LogP contribution in [-0.4, -0.2) is 42.6 Å². The van der Waals surface area contributed by atoms with Gasteiger partial charge in [0.05, 0.1) is 6.61 Å². The van der Waals surface area contributed by atoms with Crippen molar-refractivity contribution in [1.82, 2.24) is 14.4 Å². The average molecular weight is 442 g/mol. The maximum atomic E-state index is 13.3. The zero-order valence-electron chi connectivity index (χ0n) is 17.8. The second kappa shape index (κ2) is 9.20. The van der Waals surface area contributed by atoms with Crippen LogP contribution in [0.4, 0.5) is 0 Å². The van der Waals surface area contributed by atoms with Crippen molar-refractivity contribution in [3.05, 3.63) is 60.0 Å². The van der Waals surface area contributed by atoms with E-state index in [4.69, 9.17) is 9.26 Å². The van der Waals surface area contributed by atoms with E-state index in [1.54, 1.807) is 28.6 Å². The van der Waals surface area contributed by atoms with Gasteiger partial charge in [-0.15, -0.1) is 0 Å². The fraction of sp³-hybridized carbons (Fsp3) is 0.391. The van der Waals surface area contributed by atoms with Gasteiger partial charge in [-0.25, -0.2) is 8.42 Å². The molecule has 0 saturated carbocycles. The molecule has 4 rings (SSSR count). The Morgan fingerprint density at radius 2 is 1.94 bits per heavy atom. The van der Waals surface area contributed by atoms with Crippen LogP contribution < -0.4 is 4.74 Å². The maximum absolute atomic E-state index is 13.3. The summed E-state index contributed by atoms with van der Waals surface area (Å²) in [6, 6.07) is 14.7. The molecule has 0 N–H and O–H groups in total. The normalized spacial score (nSPS) is 17.5. The molecule has 0 spiro atoms. The van der Waals surface area contributed by atoms with Gasteiger partial charge in [0.15, 0.2) is 0 Å². The lowest BCUT2D eigenvalue weighted by atomic mass is 9.96. The first-order valence-electron chi connectivity index (χ1n) is 10.6. The highest BCUT2D eigenvalue weighted by atomic mass is 32.2. The van der Waals surface area contributed by atoms with E-state index >= 15 is 0 Å². The van der Waals surface area contributed by atoms with E-state index in [1.807, 2.05) is 38.1 Å². The van der Waals surface area contributed by atoms with Crippen LogP contribution in [0.3, 0.4) is 0 Å². The molecule has 1 fully saturated rings. The van der Waals surface area contributed by atoms with Gasteiger partial charge < -0.3 is 9.26 Å². The van der Waals surface area contributed by atoms with Crippen LogP contribution in [0.1, 0.15) is 31.2 Å². The first-order chi connectivity index (χ1) is 15.0. The Morgan fingerprint density at radius 3 is 2.74 bits per heavy atom. The van der Waals surface area contributed by atoms with E-state index in [2.05, 4.69) is 10.1 Å². The minimum atomic E-state index is -3.64. The summed E-state index contributed by atoms with van der Waals surface area (Å²) in [6.45, 7) is 5.18. The van der Waals surface area contributed by atoms with Gasteiger partial charge in [0.2, 0.25) is 21.7 Å².